The summed E-state index contributed by atoms with van der Waals surface area (Å²) >= 11 is 1.80. The minimum Gasteiger partial charge on any atom is -0.309 e. The molecule has 0 N–H and O–H groups in total. The van der Waals surface area contributed by atoms with Crippen LogP contribution >= 0.6 is 11.3 Å². The summed E-state index contributed by atoms with van der Waals surface area (Å²) in [4.78, 5) is 0. The van der Waals surface area contributed by atoms with Gasteiger partial charge in [0.05, 0.1) is 45.3 Å². The van der Waals surface area contributed by atoms with Crippen molar-refractivity contribution < 1.29 is 0 Å². The predicted octanol–water partition coefficient (Wildman–Crippen LogP) is 11.7. The third-order valence-corrected chi connectivity index (χ3v) is 10.9. The van der Waals surface area contributed by atoms with Gasteiger partial charge in [-0.1, -0.05) is 66.7 Å². The Hall–Kier alpha value is -6.66. The van der Waals surface area contributed by atoms with Crippen LogP contribution in [0.15, 0.2) is 146 Å². The summed E-state index contributed by atoms with van der Waals surface area (Å²) in [6.07, 6.45) is 0. The predicted molar refractivity (Wildman–Crippen MR) is 203 cm³/mol. The molecule has 0 aliphatic rings. The summed E-state index contributed by atoms with van der Waals surface area (Å²) < 4.78 is 7.10. The first kappa shape index (κ1) is 27.5. The van der Waals surface area contributed by atoms with Crippen molar-refractivity contribution in [3.8, 4) is 34.6 Å². The molecule has 0 bridgehead atoms. The van der Waals surface area contributed by atoms with Crippen LogP contribution in [0.25, 0.3) is 86.3 Å². The highest BCUT2D eigenvalue weighted by atomic mass is 32.1. The summed E-state index contributed by atoms with van der Waals surface area (Å²) in [6.45, 7) is 0. The van der Waals surface area contributed by atoms with Crippen LogP contribution in [0.3, 0.4) is 0 Å². The number of para-hydroxylation sites is 2. The number of hydrogen-bond acceptors (Lipinski definition) is 3. The second-order valence-electron chi connectivity index (χ2n) is 12.4. The van der Waals surface area contributed by atoms with Gasteiger partial charge in [-0.25, -0.2) is 0 Å². The first-order chi connectivity index (χ1) is 24.2. The van der Waals surface area contributed by atoms with Crippen LogP contribution in [-0.4, -0.2) is 9.13 Å². The molecule has 0 aliphatic carbocycles. The van der Waals surface area contributed by atoms with Crippen molar-refractivity contribution in [2.45, 2.75) is 0 Å². The van der Waals surface area contributed by atoms with Crippen LogP contribution in [-0.2, 0) is 0 Å². The Balaban J connectivity index is 1.16. The quantitative estimate of drug-likeness (QED) is 0.193. The van der Waals surface area contributed by atoms with Gasteiger partial charge in [0, 0.05) is 53.1 Å². The lowest BCUT2D eigenvalue weighted by molar-refractivity contribution is 1.17. The molecule has 0 saturated carbocycles. The first-order valence-electron chi connectivity index (χ1n) is 16.1. The molecule has 49 heavy (non-hydrogen) atoms. The molecule has 0 spiro atoms. The third-order valence-electron chi connectivity index (χ3n) is 9.75. The second kappa shape index (κ2) is 10.4. The smallest absolute Gasteiger partial charge is 0.0991 e. The van der Waals surface area contributed by atoms with Gasteiger partial charge in [-0.2, -0.15) is 10.5 Å². The van der Waals surface area contributed by atoms with Gasteiger partial charge in [0.15, 0.2) is 0 Å². The number of nitrogens with zero attached hydrogens (tertiary/aromatic N) is 4. The van der Waals surface area contributed by atoms with E-state index in [9.17, 15) is 10.5 Å². The normalized spacial score (nSPS) is 11.6. The van der Waals surface area contributed by atoms with Crippen LogP contribution in [0.4, 0.5) is 0 Å². The van der Waals surface area contributed by atoms with Gasteiger partial charge < -0.3 is 9.13 Å². The average molecular weight is 641 g/mol. The number of benzene rings is 7. The van der Waals surface area contributed by atoms with Gasteiger partial charge in [0.1, 0.15) is 0 Å². The van der Waals surface area contributed by atoms with Gasteiger partial charge in [-0.05, 0) is 90.0 Å². The SMILES string of the molecule is N#Cc1ccc2sc3c(ccc4c3c3ccccc3n4-c3cccc(-c4cccc(-n5c6ccccc6c6cc(C#N)ccc65)c4)c3)c2c1. The Morgan fingerprint density at radius 2 is 1.00 bits per heavy atom. The van der Waals surface area contributed by atoms with E-state index in [1.807, 2.05) is 24.3 Å². The fourth-order valence-corrected chi connectivity index (χ4v) is 8.84. The van der Waals surface area contributed by atoms with Gasteiger partial charge in [-0.3, -0.25) is 0 Å². The maximum atomic E-state index is 9.59. The van der Waals surface area contributed by atoms with Crippen molar-refractivity contribution in [3.05, 3.63) is 157 Å². The summed E-state index contributed by atoms with van der Waals surface area (Å²) in [5.74, 6) is 0. The largest absolute Gasteiger partial charge is 0.309 e. The van der Waals surface area contributed by atoms with E-state index < -0.39 is 0 Å². The Kier molecular flexibility index (Phi) is 5.84. The number of aromatic nitrogens is 2. The van der Waals surface area contributed by atoms with Gasteiger partial charge in [0.25, 0.3) is 0 Å². The molecular weight excluding hydrogens is 617 g/mol. The van der Waals surface area contributed by atoms with Crippen molar-refractivity contribution >= 4 is 75.1 Å². The summed E-state index contributed by atoms with van der Waals surface area (Å²) in [5.41, 5.74) is 10.3. The zero-order valence-electron chi connectivity index (χ0n) is 26.1. The minimum atomic E-state index is 0.659. The van der Waals surface area contributed by atoms with Gasteiger partial charge in [0.2, 0.25) is 0 Å². The number of rotatable bonds is 3. The lowest BCUT2D eigenvalue weighted by atomic mass is 10.0. The number of nitriles is 2. The molecule has 10 aromatic rings. The van der Waals surface area contributed by atoms with Gasteiger partial charge in [-0.15, -0.1) is 11.3 Å². The van der Waals surface area contributed by atoms with Crippen LogP contribution in [0, 0.1) is 22.7 Å². The molecule has 0 atom stereocenters. The molecule has 4 nitrogen and oxygen atoms in total. The van der Waals surface area contributed by atoms with Crippen molar-refractivity contribution in [3.63, 3.8) is 0 Å². The van der Waals surface area contributed by atoms with Crippen molar-refractivity contribution in [2.75, 3.05) is 0 Å². The standard InChI is InChI=1S/C44H24N4S/c45-25-27-15-18-40-36(21-27)33-11-1-3-13-38(33)47(40)31-9-5-7-29(23-31)30-8-6-10-32(24-30)48-39-14-4-2-12-35(39)43-41(48)19-17-34-37-22-28(26-46)16-20-42(37)49-44(34)43/h1-24H. The molecule has 3 aromatic heterocycles. The fourth-order valence-electron chi connectivity index (χ4n) is 7.60. The molecule has 0 saturated heterocycles. The highest BCUT2D eigenvalue weighted by molar-refractivity contribution is 7.26. The van der Waals surface area contributed by atoms with Crippen molar-refractivity contribution in [2.24, 2.45) is 0 Å². The monoisotopic (exact) mass is 640 g/mol. The maximum Gasteiger partial charge on any atom is 0.0991 e. The Morgan fingerprint density at radius 3 is 1.71 bits per heavy atom. The molecule has 7 aromatic carbocycles. The number of hydrogen-bond donors (Lipinski definition) is 0. The topological polar surface area (TPSA) is 57.4 Å². The second-order valence-corrected chi connectivity index (χ2v) is 13.5. The van der Waals surface area contributed by atoms with Crippen LogP contribution < -0.4 is 0 Å². The van der Waals surface area contributed by atoms with Crippen LogP contribution in [0.1, 0.15) is 11.1 Å². The zero-order chi connectivity index (χ0) is 32.6. The third kappa shape index (κ3) is 4.01. The van der Waals surface area contributed by atoms with Crippen LogP contribution in [0.5, 0.6) is 0 Å². The minimum absolute atomic E-state index is 0.659. The molecule has 0 fully saturated rings. The first-order valence-corrected chi connectivity index (χ1v) is 16.9. The molecule has 0 amide bonds. The Labute approximate surface area is 285 Å². The lowest BCUT2D eigenvalue weighted by Crippen LogP contribution is -1.96. The van der Waals surface area contributed by atoms with Crippen molar-refractivity contribution in [1.29, 1.82) is 10.5 Å². The lowest BCUT2D eigenvalue weighted by Gasteiger charge is -2.13. The van der Waals surface area contributed by atoms with E-state index in [-0.39, 0.29) is 0 Å². The molecule has 0 unspecified atom stereocenters. The number of thiophene rings is 1. The van der Waals surface area contributed by atoms with Crippen molar-refractivity contribution in [1.82, 2.24) is 9.13 Å². The van der Waals surface area contributed by atoms with Gasteiger partial charge >= 0.3 is 0 Å². The average Bonchev–Trinajstić information content (AvgIpc) is 3.82. The van der Waals surface area contributed by atoms with E-state index in [1.165, 1.54) is 25.6 Å². The molecule has 10 rings (SSSR count). The summed E-state index contributed by atoms with van der Waals surface area (Å²) in [6, 6.07) is 55.5. The maximum absolute atomic E-state index is 9.59. The van der Waals surface area contributed by atoms with E-state index >= 15 is 0 Å². The molecular formula is C44H24N4S. The molecule has 5 heteroatoms. The highest BCUT2D eigenvalue weighted by Gasteiger charge is 2.18. The molecule has 0 radical (unpaired) electrons. The van der Waals surface area contributed by atoms with Crippen LogP contribution in [0.2, 0.25) is 0 Å². The Bertz CT molecular complexity index is 3090. The van der Waals surface area contributed by atoms with E-state index in [1.54, 1.807) is 11.3 Å². The van der Waals surface area contributed by atoms with E-state index in [0.29, 0.717) is 11.1 Å². The fraction of sp³-hybridized carbons (Fsp3) is 0. The number of fused-ring (bicyclic) bond motifs is 10. The Morgan fingerprint density at radius 1 is 0.429 bits per heavy atom. The van der Waals surface area contributed by atoms with E-state index in [0.717, 1.165) is 60.7 Å². The summed E-state index contributed by atoms with van der Waals surface area (Å²) in [5, 5.41) is 26.1. The zero-order valence-corrected chi connectivity index (χ0v) is 26.9. The highest BCUT2D eigenvalue weighted by Crippen LogP contribution is 2.44. The van der Waals surface area contributed by atoms with E-state index in [2.05, 4.69) is 143 Å². The molecule has 3 heterocycles. The molecule has 0 aliphatic heterocycles. The van der Waals surface area contributed by atoms with E-state index in [4.69, 9.17) is 0 Å². The summed E-state index contributed by atoms with van der Waals surface area (Å²) in [7, 11) is 0. The molecule has 226 valence electrons.